The molecule has 0 aliphatic carbocycles. The van der Waals surface area contributed by atoms with Crippen LogP contribution < -0.4 is 10.2 Å². The molecule has 0 unspecified atom stereocenters. The van der Waals surface area contributed by atoms with Gasteiger partial charge in [0.1, 0.15) is 11.3 Å². The van der Waals surface area contributed by atoms with Gasteiger partial charge >= 0.3 is 5.91 Å². The van der Waals surface area contributed by atoms with Gasteiger partial charge in [-0.2, -0.15) is 5.10 Å². The number of fused-ring (bicyclic) bond motifs is 1. The van der Waals surface area contributed by atoms with E-state index >= 15 is 0 Å². The first kappa shape index (κ1) is 19.9. The lowest BCUT2D eigenvalue weighted by Crippen LogP contribution is -2.17. The van der Waals surface area contributed by atoms with E-state index in [0.717, 1.165) is 31.2 Å². The molecule has 3 rings (SSSR count). The molecule has 0 saturated carbocycles. The molecular formula is C20H18BrIN2O3. The Kier molecular flexibility index (Phi) is 6.54. The van der Waals surface area contributed by atoms with E-state index in [2.05, 4.69) is 56.0 Å². The van der Waals surface area contributed by atoms with E-state index in [1.807, 2.05) is 43.3 Å². The molecule has 0 aliphatic heterocycles. The minimum Gasteiger partial charge on any atom is -0.490 e. The first-order valence-corrected chi connectivity index (χ1v) is 10.3. The van der Waals surface area contributed by atoms with Gasteiger partial charge in [-0.15, -0.1) is 0 Å². The van der Waals surface area contributed by atoms with Crippen LogP contribution in [0.15, 0.2) is 56.5 Å². The third kappa shape index (κ3) is 4.90. The molecule has 140 valence electrons. The minimum atomic E-state index is -0.408. The lowest BCUT2D eigenvalue weighted by Gasteiger charge is -2.14. The average molecular weight is 541 g/mol. The zero-order valence-corrected chi connectivity index (χ0v) is 18.6. The van der Waals surface area contributed by atoms with Crippen molar-refractivity contribution < 1.29 is 13.9 Å². The molecule has 0 spiro atoms. The second-order valence-electron chi connectivity index (χ2n) is 5.99. The minimum absolute atomic E-state index is 0.103. The zero-order valence-electron chi connectivity index (χ0n) is 14.8. The van der Waals surface area contributed by atoms with E-state index in [-0.39, 0.29) is 11.9 Å². The van der Waals surface area contributed by atoms with Crippen molar-refractivity contribution in [3.05, 3.63) is 61.8 Å². The van der Waals surface area contributed by atoms with Crippen molar-refractivity contribution in [1.29, 1.82) is 0 Å². The molecule has 0 saturated heterocycles. The van der Waals surface area contributed by atoms with Crippen LogP contribution >= 0.6 is 38.5 Å². The van der Waals surface area contributed by atoms with E-state index in [9.17, 15) is 4.79 Å². The van der Waals surface area contributed by atoms with Crippen LogP contribution in [0.3, 0.4) is 0 Å². The number of furan rings is 1. The molecule has 0 bridgehead atoms. The van der Waals surface area contributed by atoms with Crippen molar-refractivity contribution in [1.82, 2.24) is 5.43 Å². The molecule has 2 aromatic carbocycles. The number of nitrogens with one attached hydrogen (secondary N) is 1. The second kappa shape index (κ2) is 8.88. The lowest BCUT2D eigenvalue weighted by molar-refractivity contribution is 0.0929. The van der Waals surface area contributed by atoms with Crippen molar-refractivity contribution in [3.8, 4) is 5.75 Å². The zero-order chi connectivity index (χ0) is 19.4. The van der Waals surface area contributed by atoms with Crippen LogP contribution in [0.2, 0.25) is 0 Å². The summed E-state index contributed by atoms with van der Waals surface area (Å²) < 4.78 is 13.4. The van der Waals surface area contributed by atoms with Crippen molar-refractivity contribution in [3.63, 3.8) is 0 Å². The monoisotopic (exact) mass is 540 g/mol. The molecular weight excluding hydrogens is 523 g/mol. The molecule has 1 amide bonds. The van der Waals surface area contributed by atoms with Crippen LogP contribution in [0.4, 0.5) is 0 Å². The molecule has 1 heterocycles. The Hall–Kier alpha value is -1.87. The van der Waals surface area contributed by atoms with Crippen LogP contribution in [0.1, 0.15) is 36.4 Å². The Morgan fingerprint density at radius 2 is 2.15 bits per heavy atom. The largest absolute Gasteiger partial charge is 0.490 e. The normalized spacial score (nSPS) is 12.4. The first-order chi connectivity index (χ1) is 13.0. The number of hydrazone groups is 1. The van der Waals surface area contributed by atoms with Crippen molar-refractivity contribution in [2.75, 3.05) is 0 Å². The van der Waals surface area contributed by atoms with Gasteiger partial charge in [0.2, 0.25) is 0 Å². The van der Waals surface area contributed by atoms with Gasteiger partial charge < -0.3 is 9.15 Å². The fourth-order valence-electron chi connectivity index (χ4n) is 2.40. The maximum atomic E-state index is 12.3. The third-order valence-electron chi connectivity index (χ3n) is 3.95. The van der Waals surface area contributed by atoms with E-state index < -0.39 is 5.91 Å². The fraction of sp³-hybridized carbons (Fsp3) is 0.200. The number of ether oxygens (including phenoxy) is 1. The Morgan fingerprint density at radius 3 is 2.93 bits per heavy atom. The summed E-state index contributed by atoms with van der Waals surface area (Å²) in [6.07, 6.45) is 2.58. The summed E-state index contributed by atoms with van der Waals surface area (Å²) in [6.45, 7) is 4.08. The van der Waals surface area contributed by atoms with Gasteiger partial charge in [0.15, 0.2) is 5.76 Å². The highest BCUT2D eigenvalue weighted by atomic mass is 127. The predicted molar refractivity (Wildman–Crippen MR) is 119 cm³/mol. The highest BCUT2D eigenvalue weighted by molar-refractivity contribution is 14.1. The van der Waals surface area contributed by atoms with Crippen LogP contribution in [-0.2, 0) is 0 Å². The summed E-state index contributed by atoms with van der Waals surface area (Å²) in [6, 6.07) is 13.1. The van der Waals surface area contributed by atoms with Gasteiger partial charge in [0.25, 0.3) is 0 Å². The Labute approximate surface area is 179 Å². The number of benzene rings is 2. The molecule has 3 aromatic rings. The molecule has 1 atom stereocenters. The number of carbonyl (C=O) groups is 1. The molecule has 0 radical (unpaired) electrons. The number of para-hydroxylation sites is 1. The predicted octanol–water partition coefficient (Wildman–Crippen LogP) is 5.74. The van der Waals surface area contributed by atoms with Gasteiger partial charge in [-0.05, 0) is 66.3 Å². The number of hydrogen-bond donors (Lipinski definition) is 1. The van der Waals surface area contributed by atoms with Gasteiger partial charge in [0.05, 0.1) is 15.9 Å². The number of carbonyl (C=O) groups excluding carboxylic acids is 1. The topological polar surface area (TPSA) is 63.8 Å². The molecule has 5 nitrogen and oxygen atoms in total. The average Bonchev–Trinajstić information content (AvgIpc) is 3.07. The summed E-state index contributed by atoms with van der Waals surface area (Å²) in [5.74, 6) is 0.532. The molecule has 27 heavy (non-hydrogen) atoms. The van der Waals surface area contributed by atoms with Gasteiger partial charge in [-0.25, -0.2) is 5.43 Å². The summed E-state index contributed by atoms with van der Waals surface area (Å²) in [7, 11) is 0. The van der Waals surface area contributed by atoms with E-state index in [4.69, 9.17) is 9.15 Å². The highest BCUT2D eigenvalue weighted by Crippen LogP contribution is 2.28. The van der Waals surface area contributed by atoms with Gasteiger partial charge in [-0.1, -0.05) is 35.0 Å². The van der Waals surface area contributed by atoms with Crippen molar-refractivity contribution in [2.24, 2.45) is 5.10 Å². The summed E-state index contributed by atoms with van der Waals surface area (Å²) in [5.41, 5.74) is 3.98. The second-order valence-corrected chi connectivity index (χ2v) is 8.07. The van der Waals surface area contributed by atoms with Crippen LogP contribution in [0, 0.1) is 3.57 Å². The fourth-order valence-corrected chi connectivity index (χ4v) is 4.06. The van der Waals surface area contributed by atoms with Crippen LogP contribution in [0.25, 0.3) is 11.0 Å². The summed E-state index contributed by atoms with van der Waals surface area (Å²) in [5, 5.41) is 4.90. The van der Waals surface area contributed by atoms with Crippen LogP contribution in [-0.4, -0.2) is 18.2 Å². The Morgan fingerprint density at radius 1 is 1.37 bits per heavy atom. The first-order valence-electron chi connectivity index (χ1n) is 8.45. The molecule has 7 heteroatoms. The smallest absolute Gasteiger partial charge is 0.307 e. The quantitative estimate of drug-likeness (QED) is 0.246. The Bertz CT molecular complexity index is 1000. The molecule has 1 aromatic heterocycles. The standard InChI is InChI=1S/C20H18BrIN2O3/c1-3-12(2)26-17-7-5-4-6-13(17)11-23-24-20(25)18-9-14-8-15(21)10-16(22)19(14)27-18/h4-12H,3H2,1-2H3,(H,24,25)/b23-11-/t12-/m1/s1. The number of hydrogen-bond acceptors (Lipinski definition) is 4. The summed E-state index contributed by atoms with van der Waals surface area (Å²) in [4.78, 5) is 12.3. The van der Waals surface area contributed by atoms with E-state index in [1.165, 1.54) is 0 Å². The van der Waals surface area contributed by atoms with Gasteiger partial charge in [-0.3, -0.25) is 4.79 Å². The molecule has 1 N–H and O–H groups in total. The lowest BCUT2D eigenvalue weighted by atomic mass is 10.2. The third-order valence-corrected chi connectivity index (χ3v) is 5.21. The van der Waals surface area contributed by atoms with Crippen molar-refractivity contribution in [2.45, 2.75) is 26.4 Å². The number of halogens is 2. The van der Waals surface area contributed by atoms with E-state index in [0.29, 0.717) is 5.58 Å². The number of rotatable bonds is 6. The van der Waals surface area contributed by atoms with Crippen molar-refractivity contribution >= 4 is 61.6 Å². The van der Waals surface area contributed by atoms with E-state index in [1.54, 1.807) is 12.3 Å². The van der Waals surface area contributed by atoms with Crippen LogP contribution in [0.5, 0.6) is 5.75 Å². The Balaban J connectivity index is 1.74. The molecule has 0 aliphatic rings. The maximum Gasteiger partial charge on any atom is 0.307 e. The summed E-state index contributed by atoms with van der Waals surface area (Å²) >= 11 is 5.62. The molecule has 0 fully saturated rings. The van der Waals surface area contributed by atoms with Gasteiger partial charge in [0, 0.05) is 15.4 Å². The maximum absolute atomic E-state index is 12.3. The number of nitrogens with zero attached hydrogens (tertiary/aromatic N) is 1. The highest BCUT2D eigenvalue weighted by Gasteiger charge is 2.14. The number of amides is 1. The SMILES string of the molecule is CC[C@@H](C)Oc1ccccc1/C=N\NC(=O)c1cc2cc(Br)cc(I)c2o1.